The highest BCUT2D eigenvalue weighted by atomic mass is 32.1. The first-order valence-electron chi connectivity index (χ1n) is 7.70. The highest BCUT2D eigenvalue weighted by Crippen LogP contribution is 2.14. The van der Waals surface area contributed by atoms with E-state index in [0.29, 0.717) is 11.5 Å². The monoisotopic (exact) mass is 328 g/mol. The minimum absolute atomic E-state index is 0.110. The molecule has 0 atom stereocenters. The van der Waals surface area contributed by atoms with Gasteiger partial charge in [-0.05, 0) is 31.5 Å². The fourth-order valence-corrected chi connectivity index (χ4v) is 3.34. The van der Waals surface area contributed by atoms with Crippen LogP contribution in [0.2, 0.25) is 0 Å². The van der Waals surface area contributed by atoms with Crippen LogP contribution in [0.1, 0.15) is 28.8 Å². The van der Waals surface area contributed by atoms with Gasteiger partial charge in [0.1, 0.15) is 5.01 Å². The summed E-state index contributed by atoms with van der Waals surface area (Å²) in [5.74, 6) is 0. The third-order valence-electron chi connectivity index (χ3n) is 3.89. The normalized spacial score (nSPS) is 11.5. The number of hydrogen-bond acceptors (Lipinski definition) is 5. The average Bonchev–Trinajstić information content (AvgIpc) is 2.89. The smallest absolute Gasteiger partial charge is 0.275 e. The molecule has 0 amide bonds. The van der Waals surface area contributed by atoms with E-state index in [4.69, 9.17) is 0 Å². The number of nitrogens with zero attached hydrogens (tertiary/aromatic N) is 4. The molecular formula is C17H20N4OS. The summed E-state index contributed by atoms with van der Waals surface area (Å²) in [6.07, 6.45) is 0. The Hall–Kier alpha value is -2.05. The Bertz CT molecular complexity index is 884. The fraction of sp³-hybridized carbons (Fsp3) is 0.353. The lowest BCUT2D eigenvalue weighted by molar-refractivity contribution is 0.267. The second kappa shape index (κ2) is 6.60. The van der Waals surface area contributed by atoms with Crippen molar-refractivity contribution in [1.82, 2.24) is 19.5 Å². The minimum Gasteiger partial charge on any atom is -0.294 e. The quantitative estimate of drug-likeness (QED) is 0.723. The number of rotatable bonds is 5. The summed E-state index contributed by atoms with van der Waals surface area (Å²) in [4.78, 5) is 19.7. The summed E-state index contributed by atoms with van der Waals surface area (Å²) in [7, 11) is 0. The maximum atomic E-state index is 12.1. The molecule has 5 nitrogen and oxygen atoms in total. The average molecular weight is 328 g/mol. The molecule has 0 bridgehead atoms. The van der Waals surface area contributed by atoms with Crippen LogP contribution in [0.3, 0.4) is 0 Å². The molecule has 0 N–H and O–H groups in total. The van der Waals surface area contributed by atoms with Crippen molar-refractivity contribution in [2.45, 2.75) is 33.9 Å². The number of hydrogen-bond donors (Lipinski definition) is 0. The molecule has 1 aromatic carbocycles. The number of fused-ring (bicyclic) bond motifs is 1. The lowest BCUT2D eigenvalue weighted by atomic mass is 10.1. The van der Waals surface area contributed by atoms with Crippen LogP contribution in [0.15, 0.2) is 35.1 Å². The first kappa shape index (κ1) is 15.8. The lowest BCUT2D eigenvalue weighted by Crippen LogP contribution is -2.25. The van der Waals surface area contributed by atoms with Crippen LogP contribution in [-0.2, 0) is 13.1 Å². The molecule has 0 fully saturated rings. The van der Waals surface area contributed by atoms with Crippen LogP contribution in [0.4, 0.5) is 0 Å². The van der Waals surface area contributed by atoms with Gasteiger partial charge in [-0.2, -0.15) is 9.61 Å². The largest absolute Gasteiger partial charge is 0.294 e. The van der Waals surface area contributed by atoms with Crippen LogP contribution in [0, 0.1) is 13.8 Å². The van der Waals surface area contributed by atoms with Crippen LogP contribution >= 0.6 is 11.3 Å². The predicted octanol–water partition coefficient (Wildman–Crippen LogP) is 2.79. The lowest BCUT2D eigenvalue weighted by Gasteiger charge is -2.21. The predicted molar refractivity (Wildman–Crippen MR) is 92.8 cm³/mol. The summed E-state index contributed by atoms with van der Waals surface area (Å²) >= 11 is 1.44. The summed E-state index contributed by atoms with van der Waals surface area (Å²) in [6.45, 7) is 8.55. The Kier molecular flexibility index (Phi) is 4.54. The molecule has 6 heteroatoms. The molecule has 0 spiro atoms. The van der Waals surface area contributed by atoms with E-state index in [1.54, 1.807) is 6.07 Å². The third kappa shape index (κ3) is 3.48. The van der Waals surface area contributed by atoms with Gasteiger partial charge in [0, 0.05) is 19.2 Å². The Balaban J connectivity index is 1.84. The molecule has 0 unspecified atom stereocenters. The molecule has 0 aliphatic carbocycles. The highest BCUT2D eigenvalue weighted by molar-refractivity contribution is 7.16. The second-order valence-electron chi connectivity index (χ2n) is 5.63. The molecule has 0 saturated carbocycles. The van der Waals surface area contributed by atoms with E-state index in [0.717, 1.165) is 23.8 Å². The standard InChI is InChI=1S/C17H20N4OS/c1-4-20(10-14-8-6-5-7-12(14)2)11-15-9-16(22)21-17(18-15)23-13(3)19-21/h5-9H,4,10-11H2,1-3H3. The Morgan fingerprint density at radius 2 is 2.00 bits per heavy atom. The Morgan fingerprint density at radius 3 is 2.74 bits per heavy atom. The van der Waals surface area contributed by atoms with E-state index in [1.165, 1.54) is 27.0 Å². The molecule has 0 aliphatic heterocycles. The highest BCUT2D eigenvalue weighted by Gasteiger charge is 2.11. The van der Waals surface area contributed by atoms with Gasteiger partial charge in [0.25, 0.3) is 5.56 Å². The van der Waals surface area contributed by atoms with Crippen molar-refractivity contribution >= 4 is 16.3 Å². The van der Waals surface area contributed by atoms with Crippen LogP contribution in [0.5, 0.6) is 0 Å². The van der Waals surface area contributed by atoms with Crippen LogP contribution in [-0.4, -0.2) is 26.0 Å². The van der Waals surface area contributed by atoms with Crippen molar-refractivity contribution in [2.24, 2.45) is 0 Å². The minimum atomic E-state index is -0.110. The van der Waals surface area contributed by atoms with Crippen molar-refractivity contribution in [3.63, 3.8) is 0 Å². The molecule has 0 aliphatic rings. The molecule has 0 radical (unpaired) electrons. The van der Waals surface area contributed by atoms with E-state index in [-0.39, 0.29) is 5.56 Å². The number of aryl methyl sites for hydroxylation is 2. The van der Waals surface area contributed by atoms with E-state index >= 15 is 0 Å². The second-order valence-corrected chi connectivity index (χ2v) is 6.79. The van der Waals surface area contributed by atoms with Gasteiger partial charge >= 0.3 is 0 Å². The molecule has 23 heavy (non-hydrogen) atoms. The van der Waals surface area contributed by atoms with Gasteiger partial charge in [0.15, 0.2) is 0 Å². The maximum absolute atomic E-state index is 12.1. The Morgan fingerprint density at radius 1 is 1.22 bits per heavy atom. The van der Waals surface area contributed by atoms with Gasteiger partial charge in [-0.15, -0.1) is 0 Å². The molecule has 2 heterocycles. The first-order chi connectivity index (χ1) is 11.1. The van der Waals surface area contributed by atoms with Crippen molar-refractivity contribution < 1.29 is 0 Å². The summed E-state index contributed by atoms with van der Waals surface area (Å²) in [5, 5.41) is 5.03. The molecular weight excluding hydrogens is 308 g/mol. The molecule has 3 rings (SSSR count). The maximum Gasteiger partial charge on any atom is 0.275 e. The van der Waals surface area contributed by atoms with Gasteiger partial charge in [-0.25, -0.2) is 4.98 Å². The zero-order chi connectivity index (χ0) is 16.4. The van der Waals surface area contributed by atoms with E-state index < -0.39 is 0 Å². The van der Waals surface area contributed by atoms with E-state index in [2.05, 4.69) is 53.1 Å². The van der Waals surface area contributed by atoms with Crippen molar-refractivity contribution in [3.8, 4) is 0 Å². The van der Waals surface area contributed by atoms with Crippen molar-refractivity contribution in [2.75, 3.05) is 6.54 Å². The molecule has 3 aromatic rings. The topological polar surface area (TPSA) is 50.5 Å². The number of aromatic nitrogens is 3. The summed E-state index contributed by atoms with van der Waals surface area (Å²) in [5.41, 5.74) is 3.28. The van der Waals surface area contributed by atoms with Gasteiger partial charge in [-0.3, -0.25) is 9.69 Å². The van der Waals surface area contributed by atoms with E-state index in [1.807, 2.05) is 6.92 Å². The van der Waals surface area contributed by atoms with Gasteiger partial charge in [0.05, 0.1) is 5.69 Å². The first-order valence-corrected chi connectivity index (χ1v) is 8.51. The van der Waals surface area contributed by atoms with Gasteiger partial charge in [0.2, 0.25) is 4.96 Å². The zero-order valence-electron chi connectivity index (χ0n) is 13.6. The number of benzene rings is 1. The SMILES string of the molecule is CCN(Cc1cc(=O)n2nc(C)sc2n1)Cc1ccccc1C. The summed E-state index contributed by atoms with van der Waals surface area (Å²) < 4.78 is 1.38. The van der Waals surface area contributed by atoms with Gasteiger partial charge in [-0.1, -0.05) is 42.5 Å². The fourth-order valence-electron chi connectivity index (χ4n) is 2.57. The molecule has 120 valence electrons. The van der Waals surface area contributed by atoms with Gasteiger partial charge < -0.3 is 0 Å². The zero-order valence-corrected chi connectivity index (χ0v) is 14.4. The van der Waals surface area contributed by atoms with Crippen molar-refractivity contribution in [3.05, 3.63) is 62.5 Å². The Labute approximate surface area is 139 Å². The van der Waals surface area contributed by atoms with Crippen LogP contribution < -0.4 is 5.56 Å². The summed E-state index contributed by atoms with van der Waals surface area (Å²) in [6, 6.07) is 9.98. The molecule has 0 saturated heterocycles. The third-order valence-corrected chi connectivity index (χ3v) is 4.71. The van der Waals surface area contributed by atoms with Crippen LogP contribution in [0.25, 0.3) is 4.96 Å². The van der Waals surface area contributed by atoms with Crippen molar-refractivity contribution in [1.29, 1.82) is 0 Å². The molecule has 2 aromatic heterocycles. The van der Waals surface area contributed by atoms with E-state index in [9.17, 15) is 4.79 Å².